The van der Waals surface area contributed by atoms with Crippen molar-refractivity contribution < 1.29 is 5.11 Å². The Balaban J connectivity index is 1.81. The van der Waals surface area contributed by atoms with Crippen LogP contribution in [0.4, 0.5) is 5.82 Å². The normalized spacial score (nSPS) is 18.9. The molecule has 0 spiro atoms. The summed E-state index contributed by atoms with van der Waals surface area (Å²) >= 11 is 1.45. The van der Waals surface area contributed by atoms with E-state index in [2.05, 4.69) is 30.3 Å². The number of aromatic nitrogens is 4. The summed E-state index contributed by atoms with van der Waals surface area (Å²) in [6, 6.07) is 4.14. The van der Waals surface area contributed by atoms with Gasteiger partial charge in [-0.3, -0.25) is 0 Å². The summed E-state index contributed by atoms with van der Waals surface area (Å²) in [5, 5.41) is 11.5. The molecule has 0 radical (unpaired) electrons. The van der Waals surface area contributed by atoms with E-state index in [9.17, 15) is 5.11 Å². The lowest BCUT2D eigenvalue weighted by atomic mass is 9.96. The molecule has 4 heterocycles. The second-order valence-electron chi connectivity index (χ2n) is 6.52. The van der Waals surface area contributed by atoms with Crippen LogP contribution in [0, 0.1) is 0 Å². The minimum absolute atomic E-state index is 0.0716. The minimum Gasteiger partial charge on any atom is -0.388 e. The van der Waals surface area contributed by atoms with E-state index in [0.717, 1.165) is 46.8 Å². The lowest BCUT2D eigenvalue weighted by Gasteiger charge is -2.34. The van der Waals surface area contributed by atoms with Crippen molar-refractivity contribution in [1.29, 1.82) is 0 Å². The molecule has 1 aliphatic rings. The molecule has 7 heteroatoms. The Labute approximate surface area is 138 Å². The third-order valence-corrected chi connectivity index (χ3v) is 5.23. The highest BCUT2D eigenvalue weighted by Gasteiger charge is 2.37. The van der Waals surface area contributed by atoms with E-state index >= 15 is 0 Å². The van der Waals surface area contributed by atoms with Gasteiger partial charge >= 0.3 is 0 Å². The number of aliphatic hydroxyl groups is 1. The van der Waals surface area contributed by atoms with Crippen LogP contribution in [0.15, 0.2) is 24.7 Å². The molecule has 1 fully saturated rings. The lowest BCUT2D eigenvalue weighted by molar-refractivity contribution is 0.0533. The Bertz CT molecular complexity index is 821. The lowest BCUT2D eigenvalue weighted by Crippen LogP contribution is -2.46. The first kappa shape index (κ1) is 14.6. The number of hydrogen-bond acceptors (Lipinski definition) is 6. The first-order valence-electron chi connectivity index (χ1n) is 7.78. The van der Waals surface area contributed by atoms with Gasteiger partial charge in [0, 0.05) is 12.7 Å². The van der Waals surface area contributed by atoms with Crippen LogP contribution in [0.2, 0.25) is 0 Å². The number of H-pyrrole nitrogens is 1. The molecule has 3 aromatic heterocycles. The van der Waals surface area contributed by atoms with E-state index in [-0.39, 0.29) is 6.04 Å². The van der Waals surface area contributed by atoms with Crippen LogP contribution >= 0.6 is 11.5 Å². The fourth-order valence-electron chi connectivity index (χ4n) is 3.40. The minimum atomic E-state index is -0.759. The van der Waals surface area contributed by atoms with Gasteiger partial charge in [0.05, 0.1) is 27.6 Å². The molecule has 0 bridgehead atoms. The first-order valence-corrected chi connectivity index (χ1v) is 8.55. The summed E-state index contributed by atoms with van der Waals surface area (Å²) in [6.07, 6.45) is 5.42. The number of nitrogens with one attached hydrogen (secondary N) is 1. The molecule has 1 saturated heterocycles. The van der Waals surface area contributed by atoms with Gasteiger partial charge in [-0.2, -0.15) is 0 Å². The Morgan fingerprint density at radius 3 is 3.00 bits per heavy atom. The van der Waals surface area contributed by atoms with E-state index in [4.69, 9.17) is 0 Å². The fourth-order valence-corrected chi connectivity index (χ4v) is 3.96. The monoisotopic (exact) mass is 329 g/mol. The van der Waals surface area contributed by atoms with Crippen molar-refractivity contribution in [1.82, 2.24) is 19.3 Å². The number of rotatable bonds is 3. The number of nitrogens with zero attached hydrogens (tertiary/aromatic N) is 4. The number of anilines is 1. The predicted octanol–water partition coefficient (Wildman–Crippen LogP) is 2.82. The maximum Gasteiger partial charge on any atom is 0.143 e. The quantitative estimate of drug-likeness (QED) is 0.772. The van der Waals surface area contributed by atoms with Gasteiger partial charge in [-0.1, -0.05) is 0 Å². The summed E-state index contributed by atoms with van der Waals surface area (Å²) in [4.78, 5) is 15.5. The standard InChI is InChI=1S/C16H19N5OS/c1-16(2,22)13-4-3-7-21(13)15-10-8-11(12-5-6-19-23-12)20-14(10)17-9-18-15/h5-6,8-9,13,22H,3-4,7H2,1-2H3,(H,17,18,20)/t13-/m1/s1. The summed E-state index contributed by atoms with van der Waals surface area (Å²) in [7, 11) is 0. The highest BCUT2D eigenvalue weighted by molar-refractivity contribution is 7.09. The molecule has 0 unspecified atom stereocenters. The second kappa shape index (κ2) is 5.28. The maximum absolute atomic E-state index is 10.5. The largest absolute Gasteiger partial charge is 0.388 e. The molecule has 23 heavy (non-hydrogen) atoms. The highest BCUT2D eigenvalue weighted by Crippen LogP contribution is 2.35. The van der Waals surface area contributed by atoms with Crippen LogP contribution in [0.3, 0.4) is 0 Å². The topological polar surface area (TPSA) is 77.9 Å². The number of fused-ring (bicyclic) bond motifs is 1. The van der Waals surface area contributed by atoms with Gasteiger partial charge in [0.1, 0.15) is 17.8 Å². The molecule has 4 rings (SSSR count). The number of aromatic amines is 1. The summed E-state index contributed by atoms with van der Waals surface area (Å²) in [6.45, 7) is 4.64. The van der Waals surface area contributed by atoms with Gasteiger partial charge in [0.2, 0.25) is 0 Å². The van der Waals surface area contributed by atoms with Crippen molar-refractivity contribution in [2.24, 2.45) is 0 Å². The van der Waals surface area contributed by atoms with Crippen molar-refractivity contribution in [3.05, 3.63) is 24.7 Å². The van der Waals surface area contributed by atoms with E-state index < -0.39 is 5.60 Å². The average Bonchev–Trinajstić information content (AvgIpc) is 3.24. The molecule has 120 valence electrons. The zero-order chi connectivity index (χ0) is 16.0. The Morgan fingerprint density at radius 1 is 1.39 bits per heavy atom. The molecule has 1 atom stereocenters. The van der Waals surface area contributed by atoms with Crippen LogP contribution in [-0.2, 0) is 0 Å². The zero-order valence-corrected chi connectivity index (χ0v) is 14.0. The van der Waals surface area contributed by atoms with Crippen LogP contribution in [0.25, 0.3) is 21.6 Å². The smallest absolute Gasteiger partial charge is 0.143 e. The van der Waals surface area contributed by atoms with Gasteiger partial charge in [0.25, 0.3) is 0 Å². The van der Waals surface area contributed by atoms with E-state index in [1.807, 2.05) is 19.9 Å². The van der Waals surface area contributed by atoms with Crippen molar-refractivity contribution >= 4 is 28.4 Å². The number of hydrogen-bond donors (Lipinski definition) is 2. The zero-order valence-electron chi connectivity index (χ0n) is 13.2. The molecule has 0 amide bonds. The second-order valence-corrected chi connectivity index (χ2v) is 7.36. The molecule has 6 nitrogen and oxygen atoms in total. The van der Waals surface area contributed by atoms with E-state index in [0.29, 0.717) is 0 Å². The van der Waals surface area contributed by atoms with Crippen molar-refractivity contribution in [2.75, 3.05) is 11.4 Å². The van der Waals surface area contributed by atoms with E-state index in [1.165, 1.54) is 11.5 Å². The Hall–Kier alpha value is -1.99. The molecule has 0 saturated carbocycles. The molecular weight excluding hydrogens is 310 g/mol. The third kappa shape index (κ3) is 2.49. The van der Waals surface area contributed by atoms with Gasteiger partial charge in [-0.25, -0.2) is 14.3 Å². The molecule has 2 N–H and O–H groups in total. The highest BCUT2D eigenvalue weighted by atomic mass is 32.1. The summed E-state index contributed by atoms with van der Waals surface area (Å²) in [5.74, 6) is 0.895. The van der Waals surface area contributed by atoms with Crippen LogP contribution in [0.5, 0.6) is 0 Å². The molecule has 0 aliphatic carbocycles. The van der Waals surface area contributed by atoms with Crippen LogP contribution in [-0.4, -0.2) is 42.6 Å². The molecule has 0 aromatic carbocycles. The van der Waals surface area contributed by atoms with Gasteiger partial charge < -0.3 is 15.0 Å². The van der Waals surface area contributed by atoms with Crippen LogP contribution < -0.4 is 4.90 Å². The maximum atomic E-state index is 10.5. The average molecular weight is 329 g/mol. The molecule has 3 aromatic rings. The van der Waals surface area contributed by atoms with Crippen molar-refractivity contribution in [2.45, 2.75) is 38.3 Å². The first-order chi connectivity index (χ1) is 11.0. The summed E-state index contributed by atoms with van der Waals surface area (Å²) < 4.78 is 4.16. The predicted molar refractivity (Wildman–Crippen MR) is 91.7 cm³/mol. The van der Waals surface area contributed by atoms with Crippen LogP contribution in [0.1, 0.15) is 26.7 Å². The van der Waals surface area contributed by atoms with Crippen molar-refractivity contribution in [3.8, 4) is 10.6 Å². The van der Waals surface area contributed by atoms with Gasteiger partial charge in [-0.05, 0) is 50.4 Å². The third-order valence-electron chi connectivity index (χ3n) is 4.45. The fraction of sp³-hybridized carbons (Fsp3) is 0.438. The van der Waals surface area contributed by atoms with Crippen molar-refractivity contribution in [3.63, 3.8) is 0 Å². The SMILES string of the molecule is CC(C)(O)[C@H]1CCCN1c1ncnc2[nH]c(-c3ccns3)cc12. The summed E-state index contributed by atoms with van der Waals surface area (Å²) in [5.41, 5.74) is 1.06. The van der Waals surface area contributed by atoms with Gasteiger partial charge in [0.15, 0.2) is 0 Å². The molecule has 1 aliphatic heterocycles. The Morgan fingerprint density at radius 2 is 2.26 bits per heavy atom. The van der Waals surface area contributed by atoms with E-state index in [1.54, 1.807) is 12.5 Å². The van der Waals surface area contributed by atoms with Gasteiger partial charge in [-0.15, -0.1) is 0 Å². The molecular formula is C16H19N5OS. The Kier molecular flexibility index (Phi) is 3.35.